The Hall–Kier alpha value is -1.46. The number of benzene rings is 1. The summed E-state index contributed by atoms with van der Waals surface area (Å²) in [6.45, 7) is 7.92. The molecule has 0 radical (unpaired) electrons. The minimum atomic E-state index is -0.422. The number of amides is 1. The van der Waals surface area contributed by atoms with E-state index >= 15 is 0 Å². The maximum Gasteiger partial charge on any atom is 0.225 e. The van der Waals surface area contributed by atoms with Gasteiger partial charge >= 0.3 is 0 Å². The molecule has 1 aliphatic rings. The maximum atomic E-state index is 12.7. The molecule has 0 bridgehead atoms. The summed E-state index contributed by atoms with van der Waals surface area (Å²) in [6, 6.07) is 5.66. The van der Waals surface area contributed by atoms with Gasteiger partial charge in [-0.05, 0) is 58.2 Å². The van der Waals surface area contributed by atoms with E-state index in [1.807, 2.05) is 45.9 Å². The molecule has 6 heteroatoms. The summed E-state index contributed by atoms with van der Waals surface area (Å²) in [5.74, 6) is 1.29. The molecular formula is C20H33ClN2O3. The van der Waals surface area contributed by atoms with Crippen LogP contribution < -0.4 is 20.5 Å². The highest BCUT2D eigenvalue weighted by molar-refractivity contribution is 5.85. The van der Waals surface area contributed by atoms with Gasteiger partial charge in [-0.2, -0.15) is 0 Å². The van der Waals surface area contributed by atoms with Crippen molar-refractivity contribution in [1.82, 2.24) is 5.32 Å². The summed E-state index contributed by atoms with van der Waals surface area (Å²) in [5, 5.41) is 3.12. The van der Waals surface area contributed by atoms with Gasteiger partial charge < -0.3 is 20.5 Å². The normalized spacial score (nSPS) is 23.7. The predicted octanol–water partition coefficient (Wildman–Crippen LogP) is 3.99. The van der Waals surface area contributed by atoms with Gasteiger partial charge in [0.25, 0.3) is 0 Å². The first-order valence-corrected chi connectivity index (χ1v) is 9.18. The van der Waals surface area contributed by atoms with Gasteiger partial charge in [0.05, 0.1) is 25.2 Å². The van der Waals surface area contributed by atoms with Crippen molar-refractivity contribution in [3.05, 3.63) is 23.8 Å². The van der Waals surface area contributed by atoms with Crippen molar-refractivity contribution in [2.45, 2.75) is 71.1 Å². The molecule has 3 N–H and O–H groups in total. The number of carbonyl (C=O) groups is 1. The molecule has 0 aliphatic heterocycles. The molecule has 1 amide bonds. The summed E-state index contributed by atoms with van der Waals surface area (Å²) >= 11 is 0. The van der Waals surface area contributed by atoms with Gasteiger partial charge in [0.2, 0.25) is 5.91 Å². The molecule has 1 saturated carbocycles. The maximum absolute atomic E-state index is 12.7. The molecular weight excluding hydrogens is 352 g/mol. The first-order chi connectivity index (χ1) is 11.7. The zero-order valence-electron chi connectivity index (χ0n) is 16.5. The Bertz CT molecular complexity index is 605. The van der Waals surface area contributed by atoms with Gasteiger partial charge in [0.15, 0.2) is 11.5 Å². The molecule has 1 aromatic carbocycles. The van der Waals surface area contributed by atoms with Crippen molar-refractivity contribution < 1.29 is 14.3 Å². The van der Waals surface area contributed by atoms with Crippen LogP contribution in [0.25, 0.3) is 0 Å². The van der Waals surface area contributed by atoms with E-state index in [1.54, 1.807) is 7.11 Å². The number of nitrogens with two attached hydrogens (primary N) is 1. The van der Waals surface area contributed by atoms with Crippen LogP contribution in [0.5, 0.6) is 11.5 Å². The third kappa shape index (κ3) is 5.52. The summed E-state index contributed by atoms with van der Waals surface area (Å²) < 4.78 is 11.2. The van der Waals surface area contributed by atoms with Gasteiger partial charge in [-0.25, -0.2) is 0 Å². The summed E-state index contributed by atoms with van der Waals surface area (Å²) in [4.78, 5) is 12.7. The van der Waals surface area contributed by atoms with Gasteiger partial charge in [0.1, 0.15) is 0 Å². The molecule has 3 atom stereocenters. The zero-order valence-corrected chi connectivity index (χ0v) is 17.3. The molecule has 1 aliphatic carbocycles. The smallest absolute Gasteiger partial charge is 0.225 e. The van der Waals surface area contributed by atoms with Crippen molar-refractivity contribution >= 4 is 18.3 Å². The Kier molecular flexibility index (Phi) is 8.22. The van der Waals surface area contributed by atoms with E-state index in [2.05, 4.69) is 5.32 Å². The molecule has 3 unspecified atom stereocenters. The van der Waals surface area contributed by atoms with Crippen LogP contribution in [-0.4, -0.2) is 24.7 Å². The van der Waals surface area contributed by atoms with E-state index in [0.717, 1.165) is 31.2 Å². The van der Waals surface area contributed by atoms with Crippen molar-refractivity contribution in [3.63, 3.8) is 0 Å². The third-order valence-corrected chi connectivity index (χ3v) is 4.98. The Morgan fingerprint density at radius 2 is 1.96 bits per heavy atom. The Balaban J connectivity index is 0.00000338. The lowest BCUT2D eigenvalue weighted by Crippen LogP contribution is -2.53. The van der Waals surface area contributed by atoms with E-state index in [9.17, 15) is 4.79 Å². The second-order valence-electron chi connectivity index (χ2n) is 7.61. The summed E-state index contributed by atoms with van der Waals surface area (Å²) in [7, 11) is 1.62. The highest BCUT2D eigenvalue weighted by atomic mass is 35.5. The molecule has 26 heavy (non-hydrogen) atoms. The Morgan fingerprint density at radius 1 is 1.27 bits per heavy atom. The fourth-order valence-corrected chi connectivity index (χ4v) is 3.49. The molecule has 5 nitrogen and oxygen atoms in total. The monoisotopic (exact) mass is 384 g/mol. The lowest BCUT2D eigenvalue weighted by molar-refractivity contribution is -0.128. The van der Waals surface area contributed by atoms with E-state index in [-0.39, 0.29) is 36.4 Å². The minimum Gasteiger partial charge on any atom is -0.493 e. The van der Waals surface area contributed by atoms with Gasteiger partial charge in [0, 0.05) is 5.54 Å². The fourth-order valence-electron chi connectivity index (χ4n) is 3.49. The summed E-state index contributed by atoms with van der Waals surface area (Å²) in [5.41, 5.74) is 6.91. The van der Waals surface area contributed by atoms with Gasteiger partial charge in [-0.15, -0.1) is 12.4 Å². The largest absolute Gasteiger partial charge is 0.493 e. The average Bonchev–Trinajstić information content (AvgIpc) is 2.53. The molecule has 0 saturated heterocycles. The lowest BCUT2D eigenvalue weighted by atomic mass is 9.74. The SMILES string of the molecule is COc1cc(C(C)NC(=O)C2CCCCC2(C)N)ccc1OC(C)C.Cl. The standard InChI is InChI=1S/C20H32N2O3.ClH/c1-13(2)25-17-10-9-15(12-18(17)24-5)14(3)22-19(23)16-8-6-7-11-20(16,4)21;/h9-10,12-14,16H,6-8,11,21H2,1-5H3,(H,22,23);1H. The van der Waals surface area contributed by atoms with Gasteiger partial charge in [-0.1, -0.05) is 18.9 Å². The Labute approximate surface area is 163 Å². The van der Waals surface area contributed by atoms with E-state index in [0.29, 0.717) is 11.5 Å². The van der Waals surface area contributed by atoms with Crippen LogP contribution in [0.2, 0.25) is 0 Å². The topological polar surface area (TPSA) is 73.6 Å². The van der Waals surface area contributed by atoms with E-state index < -0.39 is 5.54 Å². The quantitative estimate of drug-likeness (QED) is 0.777. The minimum absolute atomic E-state index is 0. The number of halogens is 1. The number of ether oxygens (including phenoxy) is 2. The van der Waals surface area contributed by atoms with Crippen LogP contribution in [0.3, 0.4) is 0 Å². The van der Waals surface area contributed by atoms with Crippen molar-refractivity contribution in [3.8, 4) is 11.5 Å². The number of hydrogen-bond donors (Lipinski definition) is 2. The van der Waals surface area contributed by atoms with Crippen molar-refractivity contribution in [2.24, 2.45) is 11.7 Å². The van der Waals surface area contributed by atoms with Crippen LogP contribution in [0.4, 0.5) is 0 Å². The zero-order chi connectivity index (χ0) is 18.6. The molecule has 1 fully saturated rings. The molecule has 2 rings (SSSR count). The number of carbonyl (C=O) groups excluding carboxylic acids is 1. The first-order valence-electron chi connectivity index (χ1n) is 9.18. The van der Waals surface area contributed by atoms with Gasteiger partial charge in [-0.3, -0.25) is 4.79 Å². The van der Waals surface area contributed by atoms with Crippen LogP contribution in [0.1, 0.15) is 65.0 Å². The highest BCUT2D eigenvalue weighted by Crippen LogP contribution is 2.33. The van der Waals surface area contributed by atoms with Crippen LogP contribution >= 0.6 is 12.4 Å². The molecule has 148 valence electrons. The van der Waals surface area contributed by atoms with Crippen molar-refractivity contribution in [2.75, 3.05) is 7.11 Å². The molecule has 0 aromatic heterocycles. The number of methoxy groups -OCH3 is 1. The number of rotatable bonds is 6. The van der Waals surface area contributed by atoms with Crippen molar-refractivity contribution in [1.29, 1.82) is 0 Å². The molecule has 1 aromatic rings. The fraction of sp³-hybridized carbons (Fsp3) is 0.650. The van der Waals surface area contributed by atoms with Crippen LogP contribution in [-0.2, 0) is 4.79 Å². The average molecular weight is 385 g/mol. The molecule has 0 heterocycles. The first kappa shape index (κ1) is 22.6. The third-order valence-electron chi connectivity index (χ3n) is 4.98. The van der Waals surface area contributed by atoms with E-state index in [1.165, 1.54) is 0 Å². The predicted molar refractivity (Wildman–Crippen MR) is 107 cm³/mol. The second kappa shape index (κ2) is 9.47. The van der Waals surface area contributed by atoms with E-state index in [4.69, 9.17) is 15.2 Å². The highest BCUT2D eigenvalue weighted by Gasteiger charge is 2.38. The second-order valence-corrected chi connectivity index (χ2v) is 7.61. The van der Waals surface area contributed by atoms with Crippen LogP contribution in [0.15, 0.2) is 18.2 Å². The Morgan fingerprint density at radius 3 is 2.54 bits per heavy atom. The lowest BCUT2D eigenvalue weighted by Gasteiger charge is -2.37. The number of hydrogen-bond acceptors (Lipinski definition) is 4. The molecule has 0 spiro atoms. The number of nitrogens with one attached hydrogen (secondary N) is 1. The summed E-state index contributed by atoms with van der Waals surface area (Å²) in [6.07, 6.45) is 3.99. The van der Waals surface area contributed by atoms with Crippen LogP contribution in [0, 0.1) is 5.92 Å².